The summed E-state index contributed by atoms with van der Waals surface area (Å²) in [5.41, 5.74) is 7.72. The highest BCUT2D eigenvalue weighted by molar-refractivity contribution is 6.14. The first-order chi connectivity index (χ1) is 13.3. The van der Waals surface area contributed by atoms with E-state index in [-0.39, 0.29) is 0 Å². The van der Waals surface area contributed by atoms with Gasteiger partial charge in [0.25, 0.3) is 0 Å². The van der Waals surface area contributed by atoms with Crippen molar-refractivity contribution in [2.24, 2.45) is 0 Å². The molecule has 128 valence electrons. The van der Waals surface area contributed by atoms with Gasteiger partial charge in [-0.3, -0.25) is 4.40 Å². The maximum absolute atomic E-state index is 6.18. The number of benzene rings is 2. The topological polar surface area (TPSA) is 43.3 Å². The summed E-state index contributed by atoms with van der Waals surface area (Å²) in [6, 6.07) is 22.5. The second-order valence-electron chi connectivity index (χ2n) is 6.80. The lowest BCUT2D eigenvalue weighted by Crippen LogP contribution is -1.95. The Labute approximate surface area is 154 Å². The summed E-state index contributed by atoms with van der Waals surface area (Å²) in [6.45, 7) is 2.12. The van der Waals surface area contributed by atoms with E-state index in [9.17, 15) is 0 Å². The number of pyridine rings is 2. The van der Waals surface area contributed by atoms with Crippen LogP contribution in [-0.4, -0.2) is 14.4 Å². The predicted molar refractivity (Wildman–Crippen MR) is 108 cm³/mol. The monoisotopic (exact) mass is 349 g/mol. The van der Waals surface area contributed by atoms with Crippen molar-refractivity contribution in [3.63, 3.8) is 0 Å². The fourth-order valence-electron chi connectivity index (χ4n) is 3.95. The average Bonchev–Trinajstić information content (AvgIpc) is 3.26. The predicted octanol–water partition coefficient (Wildman–Crippen LogP) is 5.76. The molecule has 4 nitrogen and oxygen atoms in total. The van der Waals surface area contributed by atoms with E-state index in [0.29, 0.717) is 0 Å². The zero-order valence-electron chi connectivity index (χ0n) is 14.7. The smallest absolute Gasteiger partial charge is 0.164 e. The van der Waals surface area contributed by atoms with Crippen LogP contribution in [0.1, 0.15) is 5.56 Å². The zero-order chi connectivity index (χ0) is 18.0. The van der Waals surface area contributed by atoms with Gasteiger partial charge in [-0.2, -0.15) is 0 Å². The normalized spacial score (nSPS) is 11.9. The third-order valence-electron chi connectivity index (χ3n) is 5.19. The molecular weight excluding hydrogens is 334 g/mol. The number of nitrogens with zero attached hydrogens (tertiary/aromatic N) is 3. The molecule has 0 bridgehead atoms. The summed E-state index contributed by atoms with van der Waals surface area (Å²) in [5.74, 6) is 0. The lowest BCUT2D eigenvalue weighted by Gasteiger charge is -2.10. The van der Waals surface area contributed by atoms with Crippen molar-refractivity contribution in [2.75, 3.05) is 0 Å². The van der Waals surface area contributed by atoms with E-state index < -0.39 is 0 Å². The summed E-state index contributed by atoms with van der Waals surface area (Å²) in [5, 5.41) is 2.10. The molecule has 4 heterocycles. The van der Waals surface area contributed by atoms with E-state index in [2.05, 4.69) is 52.7 Å². The molecule has 0 aliphatic rings. The van der Waals surface area contributed by atoms with Crippen molar-refractivity contribution >= 4 is 38.7 Å². The molecule has 27 heavy (non-hydrogen) atoms. The first-order valence-electron chi connectivity index (χ1n) is 8.95. The molecule has 0 fully saturated rings. The quantitative estimate of drug-likeness (QED) is 0.379. The maximum atomic E-state index is 6.18. The van der Waals surface area contributed by atoms with Gasteiger partial charge in [-0.25, -0.2) is 9.97 Å². The highest BCUT2D eigenvalue weighted by Gasteiger charge is 2.19. The minimum atomic E-state index is 0.845. The van der Waals surface area contributed by atoms with Crippen LogP contribution in [-0.2, 0) is 0 Å². The molecule has 0 saturated carbocycles. The number of fused-ring (bicyclic) bond motifs is 7. The van der Waals surface area contributed by atoms with Crippen LogP contribution >= 0.6 is 0 Å². The van der Waals surface area contributed by atoms with Gasteiger partial charge in [0.15, 0.2) is 11.3 Å². The Morgan fingerprint density at radius 3 is 2.63 bits per heavy atom. The van der Waals surface area contributed by atoms with E-state index in [0.717, 1.165) is 50.0 Å². The molecular formula is C23H15N3O. The summed E-state index contributed by atoms with van der Waals surface area (Å²) in [4.78, 5) is 9.55. The van der Waals surface area contributed by atoms with Gasteiger partial charge in [-0.05, 0) is 30.7 Å². The van der Waals surface area contributed by atoms with Crippen molar-refractivity contribution in [1.29, 1.82) is 0 Å². The summed E-state index contributed by atoms with van der Waals surface area (Å²) < 4.78 is 8.34. The molecule has 0 atom stereocenters. The number of aryl methyl sites for hydroxylation is 1. The third kappa shape index (κ3) is 1.92. The number of hydrogen-bond acceptors (Lipinski definition) is 3. The Kier molecular flexibility index (Phi) is 2.78. The summed E-state index contributed by atoms with van der Waals surface area (Å²) in [7, 11) is 0. The Morgan fingerprint density at radius 2 is 1.70 bits per heavy atom. The SMILES string of the molecule is Cc1ccccc1-c1cc2oc3ccccc3c2c2nc3cccnc3n12. The van der Waals surface area contributed by atoms with Crippen LogP contribution < -0.4 is 0 Å². The van der Waals surface area contributed by atoms with Gasteiger partial charge in [-0.15, -0.1) is 0 Å². The average molecular weight is 349 g/mol. The van der Waals surface area contributed by atoms with Gasteiger partial charge in [0.1, 0.15) is 16.7 Å². The van der Waals surface area contributed by atoms with Crippen LogP contribution in [0.5, 0.6) is 0 Å². The Bertz CT molecular complexity index is 1490. The van der Waals surface area contributed by atoms with E-state index in [4.69, 9.17) is 9.40 Å². The fraction of sp³-hybridized carbons (Fsp3) is 0.0435. The number of furan rings is 1. The van der Waals surface area contributed by atoms with E-state index in [1.54, 1.807) is 0 Å². The minimum Gasteiger partial charge on any atom is -0.456 e. The van der Waals surface area contributed by atoms with Gasteiger partial charge in [-0.1, -0.05) is 42.5 Å². The van der Waals surface area contributed by atoms with Gasteiger partial charge in [0.05, 0.1) is 11.1 Å². The van der Waals surface area contributed by atoms with Gasteiger partial charge in [0.2, 0.25) is 0 Å². The Morgan fingerprint density at radius 1 is 0.852 bits per heavy atom. The zero-order valence-corrected chi connectivity index (χ0v) is 14.7. The van der Waals surface area contributed by atoms with Crippen molar-refractivity contribution in [3.05, 3.63) is 78.5 Å². The van der Waals surface area contributed by atoms with E-state index in [1.807, 2.05) is 36.5 Å². The van der Waals surface area contributed by atoms with E-state index >= 15 is 0 Å². The number of hydrogen-bond donors (Lipinski definition) is 0. The number of imidazole rings is 1. The molecule has 0 unspecified atom stereocenters. The molecule has 2 aromatic carbocycles. The first kappa shape index (κ1) is 14.5. The van der Waals surface area contributed by atoms with Crippen LogP contribution in [0, 0.1) is 6.92 Å². The first-order valence-corrected chi connectivity index (χ1v) is 8.95. The number of aromatic nitrogens is 3. The molecule has 0 saturated heterocycles. The Balaban J connectivity index is 1.92. The lowest BCUT2D eigenvalue weighted by molar-refractivity contribution is 0.669. The highest BCUT2D eigenvalue weighted by Crippen LogP contribution is 2.37. The molecule has 0 N–H and O–H groups in total. The fourth-order valence-corrected chi connectivity index (χ4v) is 3.95. The number of para-hydroxylation sites is 1. The van der Waals surface area contributed by atoms with Gasteiger partial charge in [0, 0.05) is 23.2 Å². The van der Waals surface area contributed by atoms with Gasteiger partial charge >= 0.3 is 0 Å². The second-order valence-corrected chi connectivity index (χ2v) is 6.80. The molecule has 4 heteroatoms. The van der Waals surface area contributed by atoms with Crippen LogP contribution in [0.15, 0.2) is 77.3 Å². The van der Waals surface area contributed by atoms with Crippen molar-refractivity contribution in [3.8, 4) is 11.3 Å². The van der Waals surface area contributed by atoms with Crippen molar-refractivity contribution in [1.82, 2.24) is 14.4 Å². The number of rotatable bonds is 1. The molecule has 0 amide bonds. The van der Waals surface area contributed by atoms with Crippen molar-refractivity contribution in [2.45, 2.75) is 6.92 Å². The van der Waals surface area contributed by atoms with Crippen molar-refractivity contribution < 1.29 is 4.42 Å². The van der Waals surface area contributed by atoms with Gasteiger partial charge < -0.3 is 4.42 Å². The van der Waals surface area contributed by atoms with Crippen LogP contribution in [0.2, 0.25) is 0 Å². The second kappa shape index (κ2) is 5.17. The lowest BCUT2D eigenvalue weighted by atomic mass is 10.0. The molecule has 0 aliphatic carbocycles. The molecule has 0 spiro atoms. The minimum absolute atomic E-state index is 0.845. The molecule has 0 aliphatic heterocycles. The van der Waals surface area contributed by atoms with Crippen LogP contribution in [0.4, 0.5) is 0 Å². The standard InChI is InChI=1S/C23H15N3O/c1-14-7-2-3-8-15(14)18-13-20-21(16-9-4-5-11-19(16)27-20)23-25-17-10-6-12-24-22(17)26(18)23/h2-13H,1H3. The third-order valence-corrected chi connectivity index (χ3v) is 5.19. The molecule has 4 aromatic heterocycles. The molecule has 6 aromatic rings. The summed E-state index contributed by atoms with van der Waals surface area (Å²) >= 11 is 0. The molecule has 6 rings (SSSR count). The van der Waals surface area contributed by atoms with Crippen LogP contribution in [0.3, 0.4) is 0 Å². The van der Waals surface area contributed by atoms with E-state index in [1.165, 1.54) is 5.56 Å². The van der Waals surface area contributed by atoms with Crippen LogP contribution in [0.25, 0.3) is 50.0 Å². The largest absolute Gasteiger partial charge is 0.456 e. The summed E-state index contributed by atoms with van der Waals surface area (Å²) in [6.07, 6.45) is 1.82. The maximum Gasteiger partial charge on any atom is 0.164 e. The highest BCUT2D eigenvalue weighted by atomic mass is 16.3. The molecule has 0 radical (unpaired) electrons. The Hall–Kier alpha value is -3.66.